The van der Waals surface area contributed by atoms with Crippen molar-refractivity contribution >= 4 is 11.9 Å². The minimum absolute atomic E-state index is 0.0571. The fraction of sp³-hybridized carbons (Fsp3) is 0.867. The Morgan fingerprint density at radius 2 is 1.60 bits per heavy atom. The summed E-state index contributed by atoms with van der Waals surface area (Å²) in [5, 5.41) is 0. The smallest absolute Gasteiger partial charge is 0.302 e. The third kappa shape index (κ3) is 13.2. The number of guanidine groups is 1. The number of carbonyl (C=O) groups excluding carboxylic acids is 1. The van der Waals surface area contributed by atoms with Crippen LogP contribution >= 0.6 is 0 Å². The van der Waals surface area contributed by atoms with Gasteiger partial charge in [-0.2, -0.15) is 0 Å². The summed E-state index contributed by atoms with van der Waals surface area (Å²) in [5.41, 5.74) is 10.8. The Bertz CT molecular complexity index is 276. The summed E-state index contributed by atoms with van der Waals surface area (Å²) in [6.07, 6.45) is 11.0. The third-order valence-corrected chi connectivity index (χ3v) is 3.20. The molecular formula is C15H31N3O2. The van der Waals surface area contributed by atoms with Crippen LogP contribution < -0.4 is 11.5 Å². The van der Waals surface area contributed by atoms with Crippen LogP contribution in [0.5, 0.6) is 0 Å². The highest BCUT2D eigenvalue weighted by molar-refractivity contribution is 5.75. The van der Waals surface area contributed by atoms with E-state index in [9.17, 15) is 4.79 Å². The SMILES string of the molecule is CCCCCCCCCCC(COC(C)=O)N=C(N)N. The molecule has 0 aliphatic rings. The molecular weight excluding hydrogens is 254 g/mol. The fourth-order valence-electron chi connectivity index (χ4n) is 2.12. The summed E-state index contributed by atoms with van der Waals surface area (Å²) >= 11 is 0. The fourth-order valence-corrected chi connectivity index (χ4v) is 2.12. The highest BCUT2D eigenvalue weighted by atomic mass is 16.5. The zero-order valence-corrected chi connectivity index (χ0v) is 13.1. The quantitative estimate of drug-likeness (QED) is 0.250. The molecule has 1 unspecified atom stereocenters. The molecule has 0 saturated carbocycles. The van der Waals surface area contributed by atoms with Gasteiger partial charge in [0.25, 0.3) is 0 Å². The summed E-state index contributed by atoms with van der Waals surface area (Å²) < 4.78 is 4.97. The van der Waals surface area contributed by atoms with Crippen LogP contribution in [0.15, 0.2) is 4.99 Å². The number of ether oxygens (including phenoxy) is 1. The first-order valence-corrected chi connectivity index (χ1v) is 7.78. The van der Waals surface area contributed by atoms with E-state index >= 15 is 0 Å². The lowest BCUT2D eigenvalue weighted by molar-refractivity contribution is -0.141. The Hall–Kier alpha value is -1.26. The van der Waals surface area contributed by atoms with Crippen LogP contribution in [0.1, 0.15) is 71.6 Å². The predicted octanol–water partition coefficient (Wildman–Crippen LogP) is 2.72. The Kier molecular flexibility index (Phi) is 12.0. The van der Waals surface area contributed by atoms with Crippen LogP contribution in [0.25, 0.3) is 0 Å². The molecule has 0 bridgehead atoms. The van der Waals surface area contributed by atoms with Gasteiger partial charge in [-0.05, 0) is 6.42 Å². The molecule has 20 heavy (non-hydrogen) atoms. The Morgan fingerprint density at radius 3 is 2.10 bits per heavy atom. The van der Waals surface area contributed by atoms with E-state index in [0.29, 0.717) is 0 Å². The van der Waals surface area contributed by atoms with Crippen molar-refractivity contribution in [1.82, 2.24) is 0 Å². The first-order valence-electron chi connectivity index (χ1n) is 7.78. The number of nitrogens with two attached hydrogens (primary N) is 2. The van der Waals surface area contributed by atoms with E-state index < -0.39 is 0 Å². The zero-order chi connectivity index (χ0) is 15.2. The molecule has 0 aromatic rings. The van der Waals surface area contributed by atoms with E-state index in [0.717, 1.165) is 12.8 Å². The molecule has 118 valence electrons. The van der Waals surface area contributed by atoms with Crippen molar-refractivity contribution in [2.75, 3.05) is 6.61 Å². The lowest BCUT2D eigenvalue weighted by atomic mass is 10.1. The first-order chi connectivity index (χ1) is 9.56. The van der Waals surface area contributed by atoms with Gasteiger partial charge in [0.1, 0.15) is 6.61 Å². The van der Waals surface area contributed by atoms with Crippen LogP contribution in [0.3, 0.4) is 0 Å². The monoisotopic (exact) mass is 285 g/mol. The predicted molar refractivity (Wildman–Crippen MR) is 83.5 cm³/mol. The Morgan fingerprint density at radius 1 is 1.05 bits per heavy atom. The molecule has 0 aliphatic heterocycles. The summed E-state index contributed by atoms with van der Waals surface area (Å²) in [6, 6.07) is -0.107. The van der Waals surface area contributed by atoms with Crippen LogP contribution in [0.2, 0.25) is 0 Å². The summed E-state index contributed by atoms with van der Waals surface area (Å²) in [6.45, 7) is 3.89. The van der Waals surface area contributed by atoms with Gasteiger partial charge in [0.05, 0.1) is 6.04 Å². The van der Waals surface area contributed by atoms with Crippen molar-refractivity contribution in [2.24, 2.45) is 16.5 Å². The van der Waals surface area contributed by atoms with Crippen LogP contribution in [0.4, 0.5) is 0 Å². The van der Waals surface area contributed by atoms with E-state index in [1.54, 1.807) is 0 Å². The number of carbonyl (C=O) groups is 1. The minimum Gasteiger partial charge on any atom is -0.464 e. The summed E-state index contributed by atoms with van der Waals surface area (Å²) in [7, 11) is 0. The summed E-state index contributed by atoms with van der Waals surface area (Å²) in [5.74, 6) is -0.238. The standard InChI is InChI=1S/C15H31N3O2/c1-3-4-5-6-7-8-9-10-11-14(18-15(16)17)12-20-13(2)19/h14H,3-12H2,1-2H3,(H4,16,17,18). The number of rotatable bonds is 12. The highest BCUT2D eigenvalue weighted by Crippen LogP contribution is 2.12. The van der Waals surface area contributed by atoms with Gasteiger partial charge in [-0.25, -0.2) is 4.99 Å². The van der Waals surface area contributed by atoms with Crippen molar-refractivity contribution in [3.8, 4) is 0 Å². The topological polar surface area (TPSA) is 90.7 Å². The largest absolute Gasteiger partial charge is 0.464 e. The molecule has 0 saturated heterocycles. The maximum Gasteiger partial charge on any atom is 0.302 e. The first kappa shape index (κ1) is 18.7. The minimum atomic E-state index is -0.295. The van der Waals surface area contributed by atoms with Gasteiger partial charge in [0.15, 0.2) is 5.96 Å². The lowest BCUT2D eigenvalue weighted by Gasteiger charge is -2.12. The maximum absolute atomic E-state index is 10.8. The maximum atomic E-state index is 10.8. The van der Waals surface area contributed by atoms with Crippen molar-refractivity contribution in [3.05, 3.63) is 0 Å². The van der Waals surface area contributed by atoms with Crippen molar-refractivity contribution in [3.63, 3.8) is 0 Å². The molecule has 0 heterocycles. The summed E-state index contributed by atoms with van der Waals surface area (Å²) in [4.78, 5) is 14.9. The van der Waals surface area contributed by atoms with Gasteiger partial charge >= 0.3 is 5.97 Å². The molecule has 0 fully saturated rings. The molecule has 0 radical (unpaired) electrons. The van der Waals surface area contributed by atoms with Gasteiger partial charge in [0, 0.05) is 6.92 Å². The molecule has 0 spiro atoms. The van der Waals surface area contributed by atoms with Gasteiger partial charge in [-0.1, -0.05) is 58.3 Å². The molecule has 0 rings (SSSR count). The van der Waals surface area contributed by atoms with E-state index in [2.05, 4.69) is 11.9 Å². The second-order valence-electron chi connectivity index (χ2n) is 5.27. The lowest BCUT2D eigenvalue weighted by Crippen LogP contribution is -2.27. The highest BCUT2D eigenvalue weighted by Gasteiger charge is 2.09. The third-order valence-electron chi connectivity index (χ3n) is 3.20. The van der Waals surface area contributed by atoms with E-state index in [1.165, 1.54) is 51.9 Å². The van der Waals surface area contributed by atoms with Gasteiger partial charge in [0.2, 0.25) is 0 Å². The number of esters is 1. The van der Waals surface area contributed by atoms with E-state index in [-0.39, 0.29) is 24.6 Å². The second-order valence-corrected chi connectivity index (χ2v) is 5.27. The molecule has 1 atom stereocenters. The number of aliphatic imine (C=N–C) groups is 1. The Labute approximate surface area is 123 Å². The van der Waals surface area contributed by atoms with Crippen LogP contribution in [0, 0.1) is 0 Å². The van der Waals surface area contributed by atoms with E-state index in [1.807, 2.05) is 0 Å². The molecule has 0 aliphatic carbocycles. The van der Waals surface area contributed by atoms with Gasteiger partial charge in [-0.3, -0.25) is 4.79 Å². The molecule has 5 nitrogen and oxygen atoms in total. The molecule has 0 aromatic heterocycles. The number of hydrogen-bond donors (Lipinski definition) is 2. The molecule has 4 N–H and O–H groups in total. The van der Waals surface area contributed by atoms with Crippen molar-refractivity contribution in [1.29, 1.82) is 0 Å². The van der Waals surface area contributed by atoms with Gasteiger partial charge in [-0.15, -0.1) is 0 Å². The average Bonchev–Trinajstić information content (AvgIpc) is 2.38. The molecule has 0 aromatic carbocycles. The Balaban J connectivity index is 3.68. The molecule has 5 heteroatoms. The van der Waals surface area contributed by atoms with Crippen LogP contribution in [-0.2, 0) is 9.53 Å². The normalized spacial score (nSPS) is 11.9. The van der Waals surface area contributed by atoms with Crippen molar-refractivity contribution in [2.45, 2.75) is 77.7 Å². The van der Waals surface area contributed by atoms with E-state index in [4.69, 9.17) is 16.2 Å². The number of unbranched alkanes of at least 4 members (excludes halogenated alkanes) is 7. The zero-order valence-electron chi connectivity index (χ0n) is 13.1. The average molecular weight is 285 g/mol. The van der Waals surface area contributed by atoms with Crippen molar-refractivity contribution < 1.29 is 9.53 Å². The number of nitrogens with zero attached hydrogens (tertiary/aromatic N) is 1. The van der Waals surface area contributed by atoms with Gasteiger partial charge < -0.3 is 16.2 Å². The van der Waals surface area contributed by atoms with Crippen LogP contribution in [-0.4, -0.2) is 24.6 Å². The molecule has 0 amide bonds. The second kappa shape index (κ2) is 12.8. The number of hydrogen-bond acceptors (Lipinski definition) is 3.